The second-order valence-corrected chi connectivity index (χ2v) is 11.8. The van der Waals surface area contributed by atoms with Gasteiger partial charge in [0, 0.05) is 32.9 Å². The zero-order valence-corrected chi connectivity index (χ0v) is 26.9. The zero-order chi connectivity index (χ0) is 51.8. The standard InChI is InChI=1S/C50H33NO/c1-2-10-34(11-3-1)35-20-22-36(23-21-35)37-24-29-41(30-25-37)51(47-18-8-14-38-12-4-6-15-43(38)47)42-31-26-40(27-32-42)44-17-9-19-48-49(44)46-33-28-39-13-5-7-16-45(39)50(46)52-48/h1-33H/i1D,2D,3D,4D,6D,8D,10D,11D,12D,14D,15D,18D,20D,21D,22D,23D,24D,25D,29D,30D. The number of hydrogen-bond donors (Lipinski definition) is 0. The van der Waals surface area contributed by atoms with Crippen molar-refractivity contribution >= 4 is 60.5 Å². The first-order chi connectivity index (χ1) is 34.1. The maximum absolute atomic E-state index is 9.57. The predicted octanol–water partition coefficient (Wildman–Crippen LogP) is 14.4. The summed E-state index contributed by atoms with van der Waals surface area (Å²) in [5.74, 6) is 0. The molecular formula is C50H33NO. The molecule has 10 aromatic rings. The molecule has 0 aliphatic heterocycles. The van der Waals surface area contributed by atoms with Crippen molar-refractivity contribution in [2.45, 2.75) is 0 Å². The molecule has 0 atom stereocenters. The van der Waals surface area contributed by atoms with E-state index in [0.29, 0.717) is 16.7 Å². The van der Waals surface area contributed by atoms with E-state index in [0.717, 1.165) is 32.0 Å². The van der Waals surface area contributed by atoms with Crippen LogP contribution in [0, 0.1) is 0 Å². The maximum Gasteiger partial charge on any atom is 0.143 e. The smallest absolute Gasteiger partial charge is 0.143 e. The van der Waals surface area contributed by atoms with E-state index in [2.05, 4.69) is 0 Å². The first kappa shape index (κ1) is 16.0. The molecule has 1 heterocycles. The van der Waals surface area contributed by atoms with Crippen LogP contribution in [-0.4, -0.2) is 0 Å². The molecule has 2 heteroatoms. The van der Waals surface area contributed by atoms with Crippen molar-refractivity contribution in [2.75, 3.05) is 4.90 Å². The van der Waals surface area contributed by atoms with Crippen LogP contribution in [0.15, 0.2) is 204 Å². The van der Waals surface area contributed by atoms with Crippen molar-refractivity contribution in [1.29, 1.82) is 0 Å². The molecule has 0 saturated carbocycles. The lowest BCUT2D eigenvalue weighted by Crippen LogP contribution is -2.10. The number of furan rings is 1. The molecule has 52 heavy (non-hydrogen) atoms. The van der Waals surface area contributed by atoms with Crippen LogP contribution in [0.5, 0.6) is 0 Å². The molecule has 0 aliphatic carbocycles. The quantitative estimate of drug-likeness (QED) is 0.173. The van der Waals surface area contributed by atoms with Crippen molar-refractivity contribution in [3.8, 4) is 33.4 Å². The second kappa shape index (κ2) is 12.5. The lowest BCUT2D eigenvalue weighted by molar-refractivity contribution is 0.673. The van der Waals surface area contributed by atoms with Gasteiger partial charge in [-0.2, -0.15) is 0 Å². The summed E-state index contributed by atoms with van der Waals surface area (Å²) in [6.45, 7) is 0. The van der Waals surface area contributed by atoms with E-state index >= 15 is 0 Å². The summed E-state index contributed by atoms with van der Waals surface area (Å²) >= 11 is 0. The summed E-state index contributed by atoms with van der Waals surface area (Å²) in [4.78, 5) is 1.04. The number of benzene rings is 9. The van der Waals surface area contributed by atoms with Gasteiger partial charge in [0.2, 0.25) is 0 Å². The minimum atomic E-state index is -0.923. The monoisotopic (exact) mass is 683 g/mol. The Morgan fingerprint density at radius 2 is 1.08 bits per heavy atom. The SMILES string of the molecule is [2H]c1c([2H])c([2H])c(-c2c([2H])c([2H])c(-c3c([2H])c([2H])c(N(c4ccc(-c5cccc6oc7c8ccccc8ccc7c56)cc4)c4c([2H])c([2H])c([2H])c5c([2H])c([2H])c([2H])c([2H])c45)c([2H])c3[2H])c([2H])c2[2H])c([2H])c1[2H]. The lowest BCUT2D eigenvalue weighted by atomic mass is 9.97. The Kier molecular flexibility index (Phi) is 3.83. The molecule has 0 radical (unpaired) electrons. The Hall–Kier alpha value is -6.90. The fraction of sp³-hybridized carbons (Fsp3) is 0. The van der Waals surface area contributed by atoms with Crippen molar-refractivity contribution in [3.63, 3.8) is 0 Å². The normalized spacial score (nSPS) is 16.8. The number of nitrogens with zero attached hydrogens (tertiary/aromatic N) is 1. The summed E-state index contributed by atoms with van der Waals surface area (Å²) in [6, 6.07) is 7.19. The summed E-state index contributed by atoms with van der Waals surface area (Å²) in [7, 11) is 0. The van der Waals surface area contributed by atoms with Gasteiger partial charge in [0.25, 0.3) is 0 Å². The topological polar surface area (TPSA) is 16.4 Å². The lowest BCUT2D eigenvalue weighted by Gasteiger charge is -2.27. The molecule has 0 fully saturated rings. The summed E-state index contributed by atoms with van der Waals surface area (Å²) in [5.41, 5.74) is -1.22. The van der Waals surface area contributed by atoms with Gasteiger partial charge in [-0.1, -0.05) is 157 Å². The summed E-state index contributed by atoms with van der Waals surface area (Å²) in [6.07, 6.45) is 0. The minimum Gasteiger partial charge on any atom is -0.455 e. The van der Waals surface area contributed by atoms with Gasteiger partial charge < -0.3 is 9.32 Å². The molecule has 0 spiro atoms. The van der Waals surface area contributed by atoms with Crippen LogP contribution >= 0.6 is 0 Å². The fourth-order valence-electron chi connectivity index (χ4n) is 6.40. The zero-order valence-electron chi connectivity index (χ0n) is 46.9. The minimum absolute atomic E-state index is 0.00841. The van der Waals surface area contributed by atoms with E-state index in [4.69, 9.17) is 25.0 Å². The van der Waals surface area contributed by atoms with Crippen LogP contribution < -0.4 is 4.90 Å². The molecule has 244 valence electrons. The number of fused-ring (bicyclic) bond motifs is 6. The number of rotatable bonds is 6. The molecule has 0 N–H and O–H groups in total. The fourth-order valence-corrected chi connectivity index (χ4v) is 6.40. The van der Waals surface area contributed by atoms with Gasteiger partial charge in [-0.25, -0.2) is 0 Å². The van der Waals surface area contributed by atoms with Crippen LogP contribution in [0.3, 0.4) is 0 Å². The van der Waals surface area contributed by atoms with Crippen molar-refractivity contribution < 1.29 is 31.8 Å². The highest BCUT2D eigenvalue weighted by Crippen LogP contribution is 2.43. The van der Waals surface area contributed by atoms with Crippen LogP contribution in [0.1, 0.15) is 27.4 Å². The average molecular weight is 684 g/mol. The molecule has 9 aromatic carbocycles. The molecule has 0 aliphatic rings. The first-order valence-corrected chi connectivity index (χ1v) is 16.1. The predicted molar refractivity (Wildman–Crippen MR) is 220 cm³/mol. The molecule has 1 aromatic heterocycles. The van der Waals surface area contributed by atoms with Crippen LogP contribution in [0.25, 0.3) is 76.9 Å². The van der Waals surface area contributed by atoms with E-state index in [1.807, 2.05) is 54.6 Å². The molecule has 0 amide bonds. The molecule has 10 rings (SSSR count). The number of anilines is 3. The number of hydrogen-bond acceptors (Lipinski definition) is 2. The Morgan fingerprint density at radius 1 is 0.404 bits per heavy atom. The van der Waals surface area contributed by atoms with E-state index in [1.54, 1.807) is 12.1 Å². The highest BCUT2D eigenvalue weighted by molar-refractivity contribution is 6.19. The summed E-state index contributed by atoms with van der Waals surface area (Å²) < 4.78 is 184. The van der Waals surface area contributed by atoms with Crippen LogP contribution in [0.2, 0.25) is 0 Å². The molecule has 0 unspecified atom stereocenters. The molecular weight excluding hydrogens is 631 g/mol. The van der Waals surface area contributed by atoms with E-state index in [-0.39, 0.29) is 5.69 Å². The third-order valence-corrected chi connectivity index (χ3v) is 8.80. The Labute approximate surface area is 330 Å². The van der Waals surface area contributed by atoms with E-state index in [1.165, 1.54) is 12.1 Å². The van der Waals surface area contributed by atoms with Gasteiger partial charge >= 0.3 is 0 Å². The Bertz CT molecular complexity index is 3960. The van der Waals surface area contributed by atoms with Gasteiger partial charge in [0.1, 0.15) is 11.2 Å². The molecule has 0 bridgehead atoms. The van der Waals surface area contributed by atoms with Gasteiger partial charge in [0.15, 0.2) is 0 Å². The van der Waals surface area contributed by atoms with Crippen molar-refractivity contribution in [3.05, 3.63) is 200 Å². The third-order valence-electron chi connectivity index (χ3n) is 8.80. The van der Waals surface area contributed by atoms with Crippen molar-refractivity contribution in [2.24, 2.45) is 0 Å². The second-order valence-electron chi connectivity index (χ2n) is 11.8. The third kappa shape index (κ3) is 5.12. The Balaban J connectivity index is 1.24. The largest absolute Gasteiger partial charge is 0.455 e. The van der Waals surface area contributed by atoms with Gasteiger partial charge in [-0.3, -0.25) is 0 Å². The highest BCUT2D eigenvalue weighted by atomic mass is 16.3. The molecule has 0 saturated heterocycles. The van der Waals surface area contributed by atoms with Crippen LogP contribution in [0.4, 0.5) is 17.1 Å². The maximum atomic E-state index is 9.57. The average Bonchev–Trinajstić information content (AvgIpc) is 3.77. The van der Waals surface area contributed by atoms with Crippen LogP contribution in [-0.2, 0) is 0 Å². The van der Waals surface area contributed by atoms with Crippen molar-refractivity contribution in [1.82, 2.24) is 0 Å². The van der Waals surface area contributed by atoms with E-state index < -0.39 is 165 Å². The van der Waals surface area contributed by atoms with Gasteiger partial charge in [0.05, 0.1) is 33.1 Å². The highest BCUT2D eigenvalue weighted by Gasteiger charge is 2.18. The van der Waals surface area contributed by atoms with E-state index in [9.17, 15) is 6.85 Å². The van der Waals surface area contributed by atoms with Gasteiger partial charge in [-0.05, 0) is 86.5 Å². The van der Waals surface area contributed by atoms with Gasteiger partial charge in [-0.15, -0.1) is 0 Å². The Morgan fingerprint density at radius 3 is 1.87 bits per heavy atom. The first-order valence-electron chi connectivity index (χ1n) is 26.1. The molecule has 2 nitrogen and oxygen atoms in total. The summed E-state index contributed by atoms with van der Waals surface area (Å²) in [5, 5.41) is 2.60.